The zero-order chi connectivity index (χ0) is 21.3. The zero-order valence-electron chi connectivity index (χ0n) is 17.3. The van der Waals surface area contributed by atoms with Crippen molar-refractivity contribution in [2.45, 2.75) is 19.9 Å². The van der Waals surface area contributed by atoms with Crippen molar-refractivity contribution < 1.29 is 14.3 Å². The van der Waals surface area contributed by atoms with Crippen LogP contribution in [-0.2, 0) is 14.3 Å². The highest BCUT2D eigenvalue weighted by atomic mass is 16.5. The number of esters is 1. The van der Waals surface area contributed by atoms with Crippen LogP contribution in [0.2, 0.25) is 0 Å². The average Bonchev–Trinajstić information content (AvgIpc) is 3.03. The van der Waals surface area contributed by atoms with Crippen LogP contribution in [0.25, 0.3) is 16.8 Å². The third-order valence-corrected chi connectivity index (χ3v) is 5.62. The van der Waals surface area contributed by atoms with Crippen LogP contribution in [0.5, 0.6) is 0 Å². The van der Waals surface area contributed by atoms with E-state index in [4.69, 9.17) is 4.74 Å². The molecule has 3 aromatic rings. The number of allylic oxidation sites excluding steroid dienone is 1. The number of amides is 1. The fraction of sp³-hybridized carbons (Fsp3) is 0.154. The molecule has 150 valence electrons. The topological polar surface area (TPSA) is 46.6 Å². The quantitative estimate of drug-likeness (QED) is 0.445. The van der Waals surface area contributed by atoms with Gasteiger partial charge in [-0.3, -0.25) is 4.79 Å². The molecule has 0 N–H and O–H groups in total. The molecule has 0 radical (unpaired) electrons. The Bertz CT molecular complexity index is 1190. The van der Waals surface area contributed by atoms with E-state index in [1.54, 1.807) is 17.9 Å². The highest BCUT2D eigenvalue weighted by molar-refractivity contribution is 6.17. The van der Waals surface area contributed by atoms with Crippen LogP contribution in [0.3, 0.4) is 0 Å². The van der Waals surface area contributed by atoms with Crippen molar-refractivity contribution in [2.24, 2.45) is 0 Å². The summed E-state index contributed by atoms with van der Waals surface area (Å²) in [5.74, 6) is -0.702. The fourth-order valence-electron chi connectivity index (χ4n) is 4.08. The number of hydrogen-bond acceptors (Lipinski definition) is 3. The maximum absolute atomic E-state index is 13.5. The van der Waals surface area contributed by atoms with Gasteiger partial charge in [0.25, 0.3) is 5.91 Å². The molecule has 0 unspecified atom stereocenters. The molecule has 0 spiro atoms. The van der Waals surface area contributed by atoms with Crippen LogP contribution in [0, 0.1) is 0 Å². The molecule has 1 aliphatic heterocycles. The summed E-state index contributed by atoms with van der Waals surface area (Å²) in [4.78, 5) is 27.8. The molecule has 4 rings (SSSR count). The summed E-state index contributed by atoms with van der Waals surface area (Å²) >= 11 is 0. The predicted octanol–water partition coefficient (Wildman–Crippen LogP) is 5.27. The number of carbonyl (C=O) groups is 2. The van der Waals surface area contributed by atoms with Crippen LogP contribution in [-0.4, -0.2) is 23.9 Å². The summed E-state index contributed by atoms with van der Waals surface area (Å²) in [5, 5.41) is 2.10. The van der Waals surface area contributed by atoms with E-state index in [1.807, 2.05) is 79.7 Å². The van der Waals surface area contributed by atoms with E-state index in [-0.39, 0.29) is 11.9 Å². The van der Waals surface area contributed by atoms with Crippen molar-refractivity contribution in [1.82, 2.24) is 4.90 Å². The summed E-state index contributed by atoms with van der Waals surface area (Å²) in [6, 6.07) is 23.5. The molecule has 0 bridgehead atoms. The first kappa shape index (κ1) is 19.6. The second-order valence-electron chi connectivity index (χ2n) is 7.34. The summed E-state index contributed by atoms with van der Waals surface area (Å²) in [6.45, 7) is 3.76. The molecule has 4 heteroatoms. The second kappa shape index (κ2) is 7.99. The Kier molecular flexibility index (Phi) is 5.23. The molecule has 4 nitrogen and oxygen atoms in total. The molecule has 0 saturated heterocycles. The molecule has 1 heterocycles. The Morgan fingerprint density at radius 2 is 1.63 bits per heavy atom. The van der Waals surface area contributed by atoms with Gasteiger partial charge in [-0.05, 0) is 41.8 Å². The Balaban J connectivity index is 1.86. The molecule has 30 heavy (non-hydrogen) atoms. The van der Waals surface area contributed by atoms with Gasteiger partial charge in [0.05, 0.1) is 24.3 Å². The minimum atomic E-state index is -0.505. The van der Waals surface area contributed by atoms with Gasteiger partial charge >= 0.3 is 5.97 Å². The SMILES string of the molecule is COC(=O)C1=C(C)N([C@@H](C)c2ccccc2)C(=O)/C1=C\c1cccc2ccccc12. The van der Waals surface area contributed by atoms with Crippen molar-refractivity contribution in [3.8, 4) is 0 Å². The Morgan fingerprint density at radius 3 is 2.37 bits per heavy atom. The number of rotatable bonds is 4. The lowest BCUT2D eigenvalue weighted by Crippen LogP contribution is -2.28. The van der Waals surface area contributed by atoms with Gasteiger partial charge in [-0.1, -0.05) is 72.8 Å². The average molecular weight is 397 g/mol. The van der Waals surface area contributed by atoms with Crippen LogP contribution in [0.4, 0.5) is 0 Å². The van der Waals surface area contributed by atoms with Crippen molar-refractivity contribution in [3.63, 3.8) is 0 Å². The largest absolute Gasteiger partial charge is 0.465 e. The van der Waals surface area contributed by atoms with Gasteiger partial charge in [-0.2, -0.15) is 0 Å². The van der Waals surface area contributed by atoms with Gasteiger partial charge in [0, 0.05) is 5.70 Å². The van der Waals surface area contributed by atoms with Gasteiger partial charge in [0.2, 0.25) is 0 Å². The van der Waals surface area contributed by atoms with Gasteiger partial charge in [-0.25, -0.2) is 4.79 Å². The third-order valence-electron chi connectivity index (χ3n) is 5.62. The molecular formula is C26H23NO3. The molecule has 1 amide bonds. The number of hydrogen-bond donors (Lipinski definition) is 0. The van der Waals surface area contributed by atoms with E-state index < -0.39 is 5.97 Å². The first-order valence-corrected chi connectivity index (χ1v) is 9.90. The van der Waals surface area contributed by atoms with Crippen LogP contribution < -0.4 is 0 Å². The lowest BCUT2D eigenvalue weighted by molar-refractivity contribution is -0.136. The Labute approximate surface area is 176 Å². The van der Waals surface area contributed by atoms with E-state index in [0.29, 0.717) is 16.8 Å². The Hall–Kier alpha value is -3.66. The van der Waals surface area contributed by atoms with Gasteiger partial charge in [-0.15, -0.1) is 0 Å². The summed E-state index contributed by atoms with van der Waals surface area (Å²) in [7, 11) is 1.34. The van der Waals surface area contributed by atoms with Crippen LogP contribution in [0.15, 0.2) is 89.6 Å². The summed E-state index contributed by atoms with van der Waals surface area (Å²) in [5.41, 5.74) is 3.17. The fourth-order valence-corrected chi connectivity index (χ4v) is 4.08. The van der Waals surface area contributed by atoms with Crippen molar-refractivity contribution >= 4 is 28.7 Å². The molecule has 1 aliphatic rings. The summed E-state index contributed by atoms with van der Waals surface area (Å²) in [6.07, 6.45) is 1.80. The molecule has 3 aromatic carbocycles. The third kappa shape index (κ3) is 3.30. The second-order valence-corrected chi connectivity index (χ2v) is 7.34. The molecule has 0 saturated carbocycles. The first-order chi connectivity index (χ1) is 14.5. The number of fused-ring (bicyclic) bond motifs is 1. The number of methoxy groups -OCH3 is 1. The van der Waals surface area contributed by atoms with Gasteiger partial charge in [0.1, 0.15) is 0 Å². The van der Waals surface area contributed by atoms with E-state index in [1.165, 1.54) is 7.11 Å². The van der Waals surface area contributed by atoms with Crippen molar-refractivity contribution in [3.05, 3.63) is 101 Å². The van der Waals surface area contributed by atoms with E-state index >= 15 is 0 Å². The number of nitrogens with zero attached hydrogens (tertiary/aromatic N) is 1. The molecule has 1 atom stereocenters. The minimum absolute atomic E-state index is 0.197. The number of carbonyl (C=O) groups excluding carboxylic acids is 2. The molecule has 0 aromatic heterocycles. The molecular weight excluding hydrogens is 374 g/mol. The highest BCUT2D eigenvalue weighted by Crippen LogP contribution is 2.38. The smallest absolute Gasteiger partial charge is 0.340 e. The lowest BCUT2D eigenvalue weighted by atomic mass is 9.99. The van der Waals surface area contributed by atoms with Crippen LogP contribution >= 0.6 is 0 Å². The number of ether oxygens (including phenoxy) is 1. The van der Waals surface area contributed by atoms with Crippen molar-refractivity contribution in [2.75, 3.05) is 7.11 Å². The van der Waals surface area contributed by atoms with Crippen LogP contribution in [0.1, 0.15) is 31.0 Å². The maximum atomic E-state index is 13.5. The standard InChI is InChI=1S/C26H23NO3/c1-17(19-10-5-4-6-11-19)27-18(2)24(26(29)30-3)23(25(27)28)16-21-14-9-13-20-12-7-8-15-22(20)21/h4-17H,1-3H3/b23-16-/t17-/m0/s1. The normalized spacial score (nSPS) is 16.4. The van der Waals surface area contributed by atoms with E-state index in [0.717, 1.165) is 21.9 Å². The summed E-state index contributed by atoms with van der Waals surface area (Å²) < 4.78 is 5.03. The first-order valence-electron chi connectivity index (χ1n) is 9.90. The van der Waals surface area contributed by atoms with Gasteiger partial charge in [0.15, 0.2) is 0 Å². The maximum Gasteiger partial charge on any atom is 0.340 e. The van der Waals surface area contributed by atoms with E-state index in [9.17, 15) is 9.59 Å². The van der Waals surface area contributed by atoms with E-state index in [2.05, 4.69) is 0 Å². The number of benzene rings is 3. The van der Waals surface area contributed by atoms with Crippen molar-refractivity contribution in [1.29, 1.82) is 0 Å². The lowest BCUT2D eigenvalue weighted by Gasteiger charge is -2.26. The Morgan fingerprint density at radius 1 is 0.967 bits per heavy atom. The van der Waals surface area contributed by atoms with Gasteiger partial charge < -0.3 is 9.64 Å². The highest BCUT2D eigenvalue weighted by Gasteiger charge is 2.39. The predicted molar refractivity (Wildman–Crippen MR) is 118 cm³/mol. The zero-order valence-corrected chi connectivity index (χ0v) is 17.3. The molecule has 0 aliphatic carbocycles. The monoisotopic (exact) mass is 397 g/mol. The minimum Gasteiger partial charge on any atom is -0.465 e. The molecule has 0 fully saturated rings.